The van der Waals surface area contributed by atoms with Crippen LogP contribution in [0.2, 0.25) is 0 Å². The first-order valence-electron chi connectivity index (χ1n) is 6.26. The zero-order chi connectivity index (χ0) is 13.1. The number of primary amides is 1. The van der Waals surface area contributed by atoms with Crippen molar-refractivity contribution in [3.63, 3.8) is 0 Å². The van der Waals surface area contributed by atoms with E-state index in [4.69, 9.17) is 4.79 Å². The van der Waals surface area contributed by atoms with Crippen molar-refractivity contribution < 1.29 is 4.79 Å². The summed E-state index contributed by atoms with van der Waals surface area (Å²) in [6, 6.07) is 10.3. The van der Waals surface area contributed by atoms with E-state index in [2.05, 4.69) is 34.2 Å². The number of nitrogens with one attached hydrogen (secondary N) is 2. The number of aromatic amines is 1. The van der Waals surface area contributed by atoms with Gasteiger partial charge in [0.25, 0.3) is 0 Å². The van der Waals surface area contributed by atoms with Crippen LogP contribution in [0.5, 0.6) is 0 Å². The van der Waals surface area contributed by atoms with Gasteiger partial charge in [0.2, 0.25) is 6.41 Å². The second-order valence-corrected chi connectivity index (χ2v) is 4.01. The number of nitrogens with two attached hydrogens (primary N) is 1. The van der Waals surface area contributed by atoms with Gasteiger partial charge in [-0.05, 0) is 43.5 Å². The Hall–Kier alpha value is -1.81. The number of piperidine rings is 1. The van der Waals surface area contributed by atoms with Crippen molar-refractivity contribution in [1.82, 2.24) is 10.3 Å². The van der Waals surface area contributed by atoms with E-state index in [1.54, 1.807) is 0 Å². The van der Waals surface area contributed by atoms with Gasteiger partial charge >= 0.3 is 0 Å². The lowest BCUT2D eigenvalue weighted by atomic mass is 10.2. The van der Waals surface area contributed by atoms with Gasteiger partial charge in [0.05, 0.1) is 0 Å². The molecule has 0 radical (unpaired) electrons. The molecule has 1 fully saturated rings. The van der Waals surface area contributed by atoms with Gasteiger partial charge in [0.15, 0.2) is 0 Å². The number of para-hydroxylation sites is 1. The van der Waals surface area contributed by atoms with Crippen LogP contribution in [0.25, 0.3) is 10.9 Å². The average molecular weight is 247 g/mol. The Kier molecular flexibility index (Phi) is 7.32. The van der Waals surface area contributed by atoms with E-state index in [0.29, 0.717) is 0 Å². The molecule has 4 heteroatoms. The standard InChI is InChI=1S/C8H7N.C5H11N.CH3NO/c1-2-4-8-7(3-1)5-6-9-8;1-2-4-6-5-3-1;2-1-3/h1-6,9H;6H,1-5H2;1H,(H2,2,3). The Bertz CT molecular complexity index is 394. The summed E-state index contributed by atoms with van der Waals surface area (Å²) < 4.78 is 0. The summed E-state index contributed by atoms with van der Waals surface area (Å²) in [6.45, 7) is 2.50. The molecule has 1 aromatic carbocycles. The van der Waals surface area contributed by atoms with Crippen molar-refractivity contribution in [2.24, 2.45) is 5.73 Å². The van der Waals surface area contributed by atoms with E-state index in [9.17, 15) is 0 Å². The second-order valence-electron chi connectivity index (χ2n) is 4.01. The number of amides is 1. The largest absolute Gasteiger partial charge is 0.372 e. The molecule has 0 bridgehead atoms. The van der Waals surface area contributed by atoms with E-state index in [1.165, 1.54) is 43.3 Å². The molecular formula is C14H21N3O. The van der Waals surface area contributed by atoms with Crippen molar-refractivity contribution in [3.8, 4) is 0 Å². The summed E-state index contributed by atoms with van der Waals surface area (Å²) in [4.78, 5) is 11.7. The Morgan fingerprint density at radius 3 is 2.22 bits per heavy atom. The highest BCUT2D eigenvalue weighted by Gasteiger charge is 1.93. The topological polar surface area (TPSA) is 70.9 Å². The molecule has 0 aliphatic carbocycles. The molecule has 1 aliphatic heterocycles. The van der Waals surface area contributed by atoms with Crippen LogP contribution in [0.4, 0.5) is 0 Å². The molecule has 4 N–H and O–H groups in total. The van der Waals surface area contributed by atoms with Crippen LogP contribution in [-0.4, -0.2) is 24.5 Å². The number of hydrogen-bond acceptors (Lipinski definition) is 2. The zero-order valence-corrected chi connectivity index (χ0v) is 10.6. The Morgan fingerprint density at radius 1 is 1.06 bits per heavy atom. The highest BCUT2D eigenvalue weighted by Crippen LogP contribution is 2.09. The van der Waals surface area contributed by atoms with Crippen LogP contribution in [0.1, 0.15) is 19.3 Å². The number of aromatic nitrogens is 1. The molecule has 2 heterocycles. The molecule has 1 aliphatic rings. The van der Waals surface area contributed by atoms with Crippen LogP contribution in [-0.2, 0) is 4.79 Å². The fourth-order valence-electron chi connectivity index (χ4n) is 1.80. The van der Waals surface area contributed by atoms with E-state index in [1.807, 2.05) is 18.3 Å². The number of rotatable bonds is 0. The van der Waals surface area contributed by atoms with Gasteiger partial charge in [0, 0.05) is 11.7 Å². The number of fused-ring (bicyclic) bond motifs is 1. The van der Waals surface area contributed by atoms with Crippen LogP contribution in [0.15, 0.2) is 36.5 Å². The maximum atomic E-state index is 8.58. The fourth-order valence-corrected chi connectivity index (χ4v) is 1.80. The Morgan fingerprint density at radius 2 is 1.72 bits per heavy atom. The number of hydrogen-bond donors (Lipinski definition) is 3. The first-order valence-corrected chi connectivity index (χ1v) is 6.26. The number of carbonyl (C=O) groups is 1. The van der Waals surface area contributed by atoms with Gasteiger partial charge in [0.1, 0.15) is 0 Å². The molecular weight excluding hydrogens is 226 g/mol. The third-order valence-electron chi connectivity index (χ3n) is 2.67. The number of benzene rings is 1. The SMILES string of the molecule is C1CCNCC1.NC=O.c1ccc2[nH]ccc2c1. The van der Waals surface area contributed by atoms with Gasteiger partial charge in [-0.2, -0.15) is 0 Å². The second kappa shape index (κ2) is 9.24. The summed E-state index contributed by atoms with van der Waals surface area (Å²) in [7, 11) is 0. The molecule has 2 aromatic rings. The monoisotopic (exact) mass is 247 g/mol. The van der Waals surface area contributed by atoms with Crippen molar-refractivity contribution in [2.75, 3.05) is 13.1 Å². The number of H-pyrrole nitrogens is 1. The first-order chi connectivity index (χ1) is 8.88. The van der Waals surface area contributed by atoms with Gasteiger partial charge in [-0.1, -0.05) is 24.6 Å². The molecule has 1 aromatic heterocycles. The molecule has 18 heavy (non-hydrogen) atoms. The van der Waals surface area contributed by atoms with Crippen molar-refractivity contribution in [3.05, 3.63) is 36.5 Å². The predicted molar refractivity (Wildman–Crippen MR) is 75.3 cm³/mol. The van der Waals surface area contributed by atoms with Gasteiger partial charge in [-0.3, -0.25) is 4.79 Å². The first kappa shape index (κ1) is 14.3. The third-order valence-corrected chi connectivity index (χ3v) is 2.67. The lowest BCUT2D eigenvalue weighted by Crippen LogP contribution is -2.21. The molecule has 1 saturated heterocycles. The molecule has 0 saturated carbocycles. The van der Waals surface area contributed by atoms with Crippen LogP contribution in [0, 0.1) is 0 Å². The molecule has 0 unspecified atom stereocenters. The molecule has 1 amide bonds. The van der Waals surface area contributed by atoms with E-state index >= 15 is 0 Å². The maximum absolute atomic E-state index is 8.58. The summed E-state index contributed by atoms with van der Waals surface area (Å²) >= 11 is 0. The average Bonchev–Trinajstić information content (AvgIpc) is 2.91. The van der Waals surface area contributed by atoms with Gasteiger partial charge in [-0.25, -0.2) is 0 Å². The van der Waals surface area contributed by atoms with E-state index in [0.717, 1.165) is 0 Å². The number of carbonyl (C=O) groups excluding carboxylic acids is 1. The smallest absolute Gasteiger partial charge is 0.204 e. The summed E-state index contributed by atoms with van der Waals surface area (Å²) in [6.07, 6.45) is 6.41. The minimum Gasteiger partial charge on any atom is -0.372 e. The zero-order valence-electron chi connectivity index (χ0n) is 10.6. The Balaban J connectivity index is 0.000000157. The minimum absolute atomic E-state index is 0.250. The molecule has 0 atom stereocenters. The fraction of sp³-hybridized carbons (Fsp3) is 0.357. The van der Waals surface area contributed by atoms with E-state index < -0.39 is 0 Å². The molecule has 98 valence electrons. The van der Waals surface area contributed by atoms with Crippen LogP contribution >= 0.6 is 0 Å². The summed E-state index contributed by atoms with van der Waals surface area (Å²) in [5, 5.41) is 4.56. The normalized spacial score (nSPS) is 13.8. The van der Waals surface area contributed by atoms with Crippen LogP contribution in [0.3, 0.4) is 0 Å². The summed E-state index contributed by atoms with van der Waals surface area (Å²) in [5.74, 6) is 0. The van der Waals surface area contributed by atoms with Crippen LogP contribution < -0.4 is 11.1 Å². The molecule has 4 nitrogen and oxygen atoms in total. The van der Waals surface area contributed by atoms with Gasteiger partial charge in [-0.15, -0.1) is 0 Å². The van der Waals surface area contributed by atoms with Gasteiger partial charge < -0.3 is 16.0 Å². The minimum atomic E-state index is 0.250. The highest BCUT2D eigenvalue weighted by atomic mass is 16.1. The molecule has 0 spiro atoms. The summed E-state index contributed by atoms with van der Waals surface area (Å²) in [5.41, 5.74) is 5.37. The van der Waals surface area contributed by atoms with Crippen molar-refractivity contribution in [2.45, 2.75) is 19.3 Å². The highest BCUT2D eigenvalue weighted by molar-refractivity contribution is 5.78. The molecule has 3 rings (SSSR count). The Labute approximate surface area is 108 Å². The van der Waals surface area contributed by atoms with E-state index in [-0.39, 0.29) is 6.41 Å². The maximum Gasteiger partial charge on any atom is 0.204 e. The van der Waals surface area contributed by atoms with Crippen molar-refractivity contribution in [1.29, 1.82) is 0 Å². The predicted octanol–water partition coefficient (Wildman–Crippen LogP) is 2.03. The lowest BCUT2D eigenvalue weighted by molar-refractivity contribution is -0.106. The quantitative estimate of drug-likeness (QED) is 0.623. The van der Waals surface area contributed by atoms with Crippen molar-refractivity contribution >= 4 is 17.3 Å². The lowest BCUT2D eigenvalue weighted by Gasteiger charge is -2.08. The third kappa shape index (κ3) is 5.50.